The Labute approximate surface area is 98.4 Å². The van der Waals surface area contributed by atoms with Gasteiger partial charge in [0.2, 0.25) is 0 Å². The van der Waals surface area contributed by atoms with Crippen molar-refractivity contribution in [1.82, 2.24) is 14.2 Å². The Hall–Kier alpha value is -1.66. The van der Waals surface area contributed by atoms with Gasteiger partial charge < -0.3 is 9.47 Å². The summed E-state index contributed by atoms with van der Waals surface area (Å²) in [5, 5.41) is 4.19. The first-order valence-corrected chi connectivity index (χ1v) is 5.44. The average Bonchev–Trinajstić information content (AvgIpc) is 2.67. The van der Waals surface area contributed by atoms with E-state index in [2.05, 4.69) is 5.10 Å². The molecule has 0 saturated carbocycles. The first-order valence-electron chi connectivity index (χ1n) is 5.44. The van der Waals surface area contributed by atoms with E-state index in [-0.39, 0.29) is 5.69 Å². The van der Waals surface area contributed by atoms with Crippen LogP contribution >= 0.6 is 0 Å². The molecule has 6 heteroatoms. The second kappa shape index (κ2) is 5.60. The van der Waals surface area contributed by atoms with Crippen LogP contribution in [-0.2, 0) is 16.0 Å². The molecule has 0 amide bonds. The average molecular weight is 237 g/mol. The third-order valence-electron chi connectivity index (χ3n) is 2.37. The SMILES string of the molecule is COCCOCCn1nc2ccccn2c1=O. The van der Waals surface area contributed by atoms with Crippen molar-refractivity contribution in [3.8, 4) is 0 Å². The molecule has 0 bridgehead atoms. The number of ether oxygens (including phenoxy) is 2. The van der Waals surface area contributed by atoms with E-state index in [1.807, 2.05) is 6.07 Å². The summed E-state index contributed by atoms with van der Waals surface area (Å²) < 4.78 is 13.1. The van der Waals surface area contributed by atoms with Crippen LogP contribution in [0, 0.1) is 0 Å². The highest BCUT2D eigenvalue weighted by atomic mass is 16.5. The van der Waals surface area contributed by atoms with Crippen LogP contribution < -0.4 is 5.69 Å². The summed E-state index contributed by atoms with van der Waals surface area (Å²) in [7, 11) is 1.62. The minimum Gasteiger partial charge on any atom is -0.382 e. The summed E-state index contributed by atoms with van der Waals surface area (Å²) in [6.45, 7) is 1.98. The lowest BCUT2D eigenvalue weighted by Gasteiger charge is -2.02. The van der Waals surface area contributed by atoms with Crippen LogP contribution in [0.15, 0.2) is 29.2 Å². The molecule has 2 rings (SSSR count). The molecule has 0 unspecified atom stereocenters. The number of hydrogen-bond donors (Lipinski definition) is 0. The first-order chi connectivity index (χ1) is 8.33. The van der Waals surface area contributed by atoms with Gasteiger partial charge in [0.1, 0.15) is 0 Å². The molecule has 0 saturated heterocycles. The zero-order valence-electron chi connectivity index (χ0n) is 9.70. The van der Waals surface area contributed by atoms with Crippen molar-refractivity contribution in [3.63, 3.8) is 0 Å². The number of nitrogens with zero attached hydrogens (tertiary/aromatic N) is 3. The molecule has 0 aliphatic heterocycles. The van der Waals surface area contributed by atoms with Crippen molar-refractivity contribution in [2.75, 3.05) is 26.9 Å². The van der Waals surface area contributed by atoms with Crippen molar-refractivity contribution in [1.29, 1.82) is 0 Å². The highest BCUT2D eigenvalue weighted by Gasteiger charge is 2.04. The van der Waals surface area contributed by atoms with Crippen LogP contribution in [0.5, 0.6) is 0 Å². The van der Waals surface area contributed by atoms with Gasteiger partial charge >= 0.3 is 5.69 Å². The molecule has 0 radical (unpaired) electrons. The Morgan fingerprint density at radius 2 is 2.18 bits per heavy atom. The Kier molecular flexibility index (Phi) is 3.89. The van der Waals surface area contributed by atoms with Crippen molar-refractivity contribution >= 4 is 5.65 Å². The van der Waals surface area contributed by atoms with E-state index in [1.165, 1.54) is 9.08 Å². The predicted octanol–water partition coefficient (Wildman–Crippen LogP) is 0.159. The number of aromatic nitrogens is 3. The maximum Gasteiger partial charge on any atom is 0.350 e. The number of fused-ring (bicyclic) bond motifs is 1. The maximum absolute atomic E-state index is 11.8. The third-order valence-corrected chi connectivity index (χ3v) is 2.37. The molecule has 0 aromatic carbocycles. The quantitative estimate of drug-likeness (QED) is 0.671. The van der Waals surface area contributed by atoms with Crippen molar-refractivity contribution < 1.29 is 9.47 Å². The van der Waals surface area contributed by atoms with Crippen molar-refractivity contribution in [2.24, 2.45) is 0 Å². The Balaban J connectivity index is 1.99. The summed E-state index contributed by atoms with van der Waals surface area (Å²) in [6.07, 6.45) is 1.70. The zero-order chi connectivity index (χ0) is 12.1. The zero-order valence-corrected chi connectivity index (χ0v) is 9.70. The molecule has 0 spiro atoms. The lowest BCUT2D eigenvalue weighted by Crippen LogP contribution is -2.23. The van der Waals surface area contributed by atoms with Crippen LogP contribution in [0.4, 0.5) is 0 Å². The summed E-state index contributed by atoms with van der Waals surface area (Å²) in [5.74, 6) is 0. The molecule has 0 aliphatic rings. The number of rotatable bonds is 6. The van der Waals surface area contributed by atoms with Gasteiger partial charge in [0.05, 0.1) is 26.4 Å². The molecule has 92 valence electrons. The standard InChI is InChI=1S/C11H15N3O3/c1-16-8-9-17-7-6-14-11(15)13-5-3-2-4-10(13)12-14/h2-5H,6-9H2,1H3. The van der Waals surface area contributed by atoms with E-state index in [4.69, 9.17) is 9.47 Å². The topological polar surface area (TPSA) is 57.8 Å². The summed E-state index contributed by atoms with van der Waals surface area (Å²) in [4.78, 5) is 11.8. The first kappa shape index (κ1) is 11.8. The number of hydrogen-bond acceptors (Lipinski definition) is 4. The maximum atomic E-state index is 11.8. The van der Waals surface area contributed by atoms with Crippen LogP contribution in [-0.4, -0.2) is 41.1 Å². The molecule has 0 N–H and O–H groups in total. The van der Waals surface area contributed by atoms with Gasteiger partial charge in [-0.15, -0.1) is 5.10 Å². The van der Waals surface area contributed by atoms with E-state index < -0.39 is 0 Å². The highest BCUT2D eigenvalue weighted by Crippen LogP contribution is 1.94. The van der Waals surface area contributed by atoms with Crippen LogP contribution in [0.3, 0.4) is 0 Å². The molecule has 2 heterocycles. The Morgan fingerprint density at radius 1 is 1.29 bits per heavy atom. The van der Waals surface area contributed by atoms with Gasteiger partial charge in [-0.2, -0.15) is 0 Å². The fourth-order valence-corrected chi connectivity index (χ4v) is 1.51. The predicted molar refractivity (Wildman–Crippen MR) is 62.1 cm³/mol. The second-order valence-electron chi connectivity index (χ2n) is 3.54. The van der Waals surface area contributed by atoms with Gasteiger partial charge in [-0.1, -0.05) is 6.07 Å². The van der Waals surface area contributed by atoms with Gasteiger partial charge in [0, 0.05) is 13.3 Å². The van der Waals surface area contributed by atoms with E-state index >= 15 is 0 Å². The van der Waals surface area contributed by atoms with E-state index in [0.717, 1.165) is 0 Å². The van der Waals surface area contributed by atoms with E-state index in [0.29, 0.717) is 32.0 Å². The fourth-order valence-electron chi connectivity index (χ4n) is 1.51. The number of methoxy groups -OCH3 is 1. The van der Waals surface area contributed by atoms with E-state index in [1.54, 1.807) is 25.4 Å². The summed E-state index contributed by atoms with van der Waals surface area (Å²) in [5.41, 5.74) is 0.505. The molecule has 17 heavy (non-hydrogen) atoms. The molecule has 0 fully saturated rings. The lowest BCUT2D eigenvalue weighted by atomic mass is 10.5. The minimum atomic E-state index is -0.143. The van der Waals surface area contributed by atoms with Crippen LogP contribution in [0.2, 0.25) is 0 Å². The highest BCUT2D eigenvalue weighted by molar-refractivity contribution is 5.35. The van der Waals surface area contributed by atoms with Crippen LogP contribution in [0.1, 0.15) is 0 Å². The fraction of sp³-hybridized carbons (Fsp3) is 0.455. The largest absolute Gasteiger partial charge is 0.382 e. The Bertz CT molecular complexity index is 532. The van der Waals surface area contributed by atoms with E-state index in [9.17, 15) is 4.79 Å². The number of pyridine rings is 1. The Morgan fingerprint density at radius 3 is 2.94 bits per heavy atom. The van der Waals surface area contributed by atoms with Gasteiger partial charge in [-0.3, -0.25) is 4.40 Å². The monoisotopic (exact) mass is 237 g/mol. The molecule has 2 aromatic heterocycles. The molecule has 2 aromatic rings. The minimum absolute atomic E-state index is 0.143. The van der Waals surface area contributed by atoms with Gasteiger partial charge in [-0.25, -0.2) is 9.48 Å². The second-order valence-corrected chi connectivity index (χ2v) is 3.54. The molecule has 0 aliphatic carbocycles. The molecule has 0 atom stereocenters. The normalized spacial score (nSPS) is 11.1. The smallest absolute Gasteiger partial charge is 0.350 e. The molecular weight excluding hydrogens is 222 g/mol. The van der Waals surface area contributed by atoms with Crippen molar-refractivity contribution in [3.05, 3.63) is 34.9 Å². The summed E-state index contributed by atoms with van der Waals surface area (Å²) in [6, 6.07) is 5.44. The van der Waals surface area contributed by atoms with Crippen LogP contribution in [0.25, 0.3) is 5.65 Å². The third kappa shape index (κ3) is 2.72. The van der Waals surface area contributed by atoms with Gasteiger partial charge in [0.15, 0.2) is 5.65 Å². The molecular formula is C11H15N3O3. The van der Waals surface area contributed by atoms with Crippen molar-refractivity contribution in [2.45, 2.75) is 6.54 Å². The molecule has 6 nitrogen and oxygen atoms in total. The van der Waals surface area contributed by atoms with Gasteiger partial charge in [-0.05, 0) is 12.1 Å². The summed E-state index contributed by atoms with van der Waals surface area (Å²) >= 11 is 0. The van der Waals surface area contributed by atoms with Gasteiger partial charge in [0.25, 0.3) is 0 Å². The lowest BCUT2D eigenvalue weighted by molar-refractivity contribution is 0.0650.